The maximum Gasteiger partial charge on any atom is 0.263 e. The van der Waals surface area contributed by atoms with Crippen molar-refractivity contribution in [3.05, 3.63) is 20.8 Å². The zero-order valence-electron chi connectivity index (χ0n) is 16.0. The van der Waals surface area contributed by atoms with E-state index in [-0.39, 0.29) is 29.3 Å². The minimum atomic E-state index is -0.00567. The molecule has 2 aromatic rings. The largest absolute Gasteiger partial charge is 0.337 e. The number of amides is 1. The van der Waals surface area contributed by atoms with Crippen LogP contribution in [-0.4, -0.2) is 38.2 Å². The SMILES string of the molecule is CCn1c(SCC(=O)N(C(C)C)C(C)C)nc2sc(C)c(C)c2c1=O. The average Bonchev–Trinajstić information content (AvgIpc) is 2.79. The monoisotopic (exact) mass is 381 g/mol. The molecule has 7 heteroatoms. The van der Waals surface area contributed by atoms with E-state index >= 15 is 0 Å². The fraction of sp³-hybridized carbons (Fsp3) is 0.611. The number of aromatic nitrogens is 2. The number of nitrogens with zero attached hydrogens (tertiary/aromatic N) is 3. The smallest absolute Gasteiger partial charge is 0.263 e. The highest BCUT2D eigenvalue weighted by atomic mass is 32.2. The van der Waals surface area contributed by atoms with Crippen molar-refractivity contribution in [2.75, 3.05) is 5.75 Å². The molecule has 0 aliphatic rings. The summed E-state index contributed by atoms with van der Waals surface area (Å²) in [5.41, 5.74) is 1.01. The molecule has 5 nitrogen and oxygen atoms in total. The Morgan fingerprint density at radius 2 is 1.84 bits per heavy atom. The lowest BCUT2D eigenvalue weighted by molar-refractivity contribution is -0.131. The van der Waals surface area contributed by atoms with Crippen LogP contribution in [0, 0.1) is 13.8 Å². The van der Waals surface area contributed by atoms with Gasteiger partial charge in [-0.2, -0.15) is 0 Å². The first-order chi connectivity index (χ1) is 11.7. The molecule has 0 aliphatic carbocycles. The van der Waals surface area contributed by atoms with Crippen LogP contribution in [-0.2, 0) is 11.3 Å². The molecule has 0 aliphatic heterocycles. The molecule has 0 radical (unpaired) electrons. The quantitative estimate of drug-likeness (QED) is 0.564. The van der Waals surface area contributed by atoms with Crippen molar-refractivity contribution in [2.24, 2.45) is 0 Å². The number of thiophene rings is 1. The molecule has 0 spiro atoms. The third-order valence-corrected chi connectivity index (χ3v) is 6.36. The Balaban J connectivity index is 2.35. The zero-order chi connectivity index (χ0) is 18.9. The fourth-order valence-corrected chi connectivity index (χ4v) is 5.07. The van der Waals surface area contributed by atoms with Crippen LogP contribution in [0.15, 0.2) is 9.95 Å². The lowest BCUT2D eigenvalue weighted by atomic mass is 10.2. The summed E-state index contributed by atoms with van der Waals surface area (Å²) in [4.78, 5) is 33.9. The Morgan fingerprint density at radius 1 is 1.24 bits per heavy atom. The number of rotatable bonds is 6. The fourth-order valence-electron chi connectivity index (χ4n) is 3.07. The van der Waals surface area contributed by atoms with Crippen molar-refractivity contribution in [3.63, 3.8) is 0 Å². The molecule has 0 unspecified atom stereocenters. The molecular formula is C18H27N3O2S2. The summed E-state index contributed by atoms with van der Waals surface area (Å²) in [5.74, 6) is 0.364. The Hall–Kier alpha value is -1.34. The van der Waals surface area contributed by atoms with Crippen molar-refractivity contribution in [1.29, 1.82) is 0 Å². The van der Waals surface area contributed by atoms with Gasteiger partial charge in [0.2, 0.25) is 5.91 Å². The number of fused-ring (bicyclic) bond motifs is 1. The van der Waals surface area contributed by atoms with Crippen LogP contribution in [0.1, 0.15) is 45.1 Å². The van der Waals surface area contributed by atoms with E-state index in [1.54, 1.807) is 15.9 Å². The molecule has 0 fully saturated rings. The molecule has 0 bridgehead atoms. The number of carbonyl (C=O) groups is 1. The van der Waals surface area contributed by atoms with Gasteiger partial charge in [-0.25, -0.2) is 4.98 Å². The van der Waals surface area contributed by atoms with Crippen molar-refractivity contribution < 1.29 is 4.79 Å². The van der Waals surface area contributed by atoms with Crippen LogP contribution in [0.4, 0.5) is 0 Å². The van der Waals surface area contributed by atoms with E-state index < -0.39 is 0 Å². The van der Waals surface area contributed by atoms with Crippen LogP contribution < -0.4 is 5.56 Å². The average molecular weight is 382 g/mol. The van der Waals surface area contributed by atoms with Crippen molar-refractivity contribution >= 4 is 39.2 Å². The number of aryl methyl sites for hydroxylation is 2. The lowest BCUT2D eigenvalue weighted by Crippen LogP contribution is -2.43. The van der Waals surface area contributed by atoms with Crippen molar-refractivity contribution in [1.82, 2.24) is 14.5 Å². The summed E-state index contributed by atoms with van der Waals surface area (Å²) in [6, 6.07) is 0.305. The Morgan fingerprint density at radius 3 is 2.36 bits per heavy atom. The van der Waals surface area contributed by atoms with Gasteiger partial charge in [0.15, 0.2) is 5.16 Å². The van der Waals surface area contributed by atoms with Gasteiger partial charge in [-0.1, -0.05) is 11.8 Å². The second-order valence-electron chi connectivity index (χ2n) is 6.68. The zero-order valence-corrected chi connectivity index (χ0v) is 17.7. The van der Waals surface area contributed by atoms with Gasteiger partial charge in [-0.15, -0.1) is 11.3 Å². The van der Waals surface area contributed by atoms with Crippen LogP contribution >= 0.6 is 23.1 Å². The topological polar surface area (TPSA) is 55.2 Å². The standard InChI is InChI=1S/C18H27N3O2S2/c1-8-20-17(23)15-12(6)13(7)25-16(15)19-18(20)24-9-14(22)21(10(2)3)11(4)5/h10-11H,8-9H2,1-7H3. The van der Waals surface area contributed by atoms with Gasteiger partial charge in [0.1, 0.15) is 4.83 Å². The molecule has 2 aromatic heterocycles. The van der Waals surface area contributed by atoms with Crippen molar-refractivity contribution in [2.45, 2.75) is 72.3 Å². The van der Waals surface area contributed by atoms with Crippen LogP contribution in [0.2, 0.25) is 0 Å². The Bertz CT molecular complexity index is 829. The number of hydrogen-bond donors (Lipinski definition) is 0. The van der Waals surface area contributed by atoms with Gasteiger partial charge in [0.25, 0.3) is 5.56 Å². The van der Waals surface area contributed by atoms with E-state index in [9.17, 15) is 9.59 Å². The maximum atomic E-state index is 12.8. The molecule has 2 heterocycles. The van der Waals surface area contributed by atoms with Gasteiger partial charge in [0, 0.05) is 23.5 Å². The van der Waals surface area contributed by atoms with E-state index in [4.69, 9.17) is 0 Å². The third-order valence-electron chi connectivity index (χ3n) is 4.30. The van der Waals surface area contributed by atoms with Crippen LogP contribution in [0.25, 0.3) is 10.2 Å². The molecule has 2 rings (SSSR count). The normalized spacial score (nSPS) is 11.7. The first-order valence-electron chi connectivity index (χ1n) is 8.63. The lowest BCUT2D eigenvalue weighted by Gasteiger charge is -2.30. The third kappa shape index (κ3) is 3.92. The van der Waals surface area contributed by atoms with Gasteiger partial charge >= 0.3 is 0 Å². The molecule has 0 saturated heterocycles. The van der Waals surface area contributed by atoms with Crippen molar-refractivity contribution in [3.8, 4) is 0 Å². The van der Waals surface area contributed by atoms with E-state index in [2.05, 4.69) is 4.98 Å². The summed E-state index contributed by atoms with van der Waals surface area (Å²) >= 11 is 2.90. The minimum absolute atomic E-state index is 0.00567. The predicted octanol–water partition coefficient (Wildman–Crippen LogP) is 3.83. The van der Waals surface area contributed by atoms with Crippen LogP contribution in [0.3, 0.4) is 0 Å². The molecule has 0 N–H and O–H groups in total. The molecule has 0 atom stereocenters. The highest BCUT2D eigenvalue weighted by Crippen LogP contribution is 2.28. The minimum Gasteiger partial charge on any atom is -0.337 e. The van der Waals surface area contributed by atoms with Gasteiger partial charge in [-0.3, -0.25) is 14.2 Å². The summed E-state index contributed by atoms with van der Waals surface area (Å²) in [7, 11) is 0. The van der Waals surface area contributed by atoms with E-state index in [1.807, 2.05) is 53.4 Å². The summed E-state index contributed by atoms with van der Waals surface area (Å²) in [6.07, 6.45) is 0. The maximum absolute atomic E-state index is 12.8. The molecule has 0 aromatic carbocycles. The molecule has 138 valence electrons. The summed E-state index contributed by atoms with van der Waals surface area (Å²) in [5, 5.41) is 1.34. The molecular weight excluding hydrogens is 354 g/mol. The number of hydrogen-bond acceptors (Lipinski definition) is 5. The second kappa shape index (κ2) is 7.91. The van der Waals surface area contributed by atoms with Gasteiger partial charge in [-0.05, 0) is 54.0 Å². The Kier molecular flexibility index (Phi) is 6.32. The van der Waals surface area contributed by atoms with Gasteiger partial charge < -0.3 is 4.90 Å². The van der Waals surface area contributed by atoms with E-state index in [1.165, 1.54) is 11.8 Å². The van der Waals surface area contributed by atoms with E-state index in [0.717, 1.165) is 15.3 Å². The Labute approximate surface area is 157 Å². The number of thioether (sulfide) groups is 1. The van der Waals surface area contributed by atoms with Gasteiger partial charge in [0.05, 0.1) is 11.1 Å². The molecule has 0 saturated carbocycles. The number of carbonyl (C=O) groups excluding carboxylic acids is 1. The predicted molar refractivity (Wildman–Crippen MR) is 107 cm³/mol. The summed E-state index contributed by atoms with van der Waals surface area (Å²) in [6.45, 7) is 14.5. The highest BCUT2D eigenvalue weighted by Gasteiger charge is 2.22. The molecule has 1 amide bonds. The van der Waals surface area contributed by atoms with Crippen LogP contribution in [0.5, 0.6) is 0 Å². The summed E-state index contributed by atoms with van der Waals surface area (Å²) < 4.78 is 1.68. The second-order valence-corrected chi connectivity index (χ2v) is 8.83. The van der Waals surface area contributed by atoms with E-state index in [0.29, 0.717) is 17.1 Å². The first-order valence-corrected chi connectivity index (χ1v) is 10.4. The molecule has 25 heavy (non-hydrogen) atoms. The highest BCUT2D eigenvalue weighted by molar-refractivity contribution is 7.99. The first kappa shape index (κ1) is 20.0.